The summed E-state index contributed by atoms with van der Waals surface area (Å²) < 4.78 is 12.3. The Balaban J connectivity index is 1.00. The molecule has 2 aromatic heterocycles. The minimum Gasteiger partial charge on any atom is -0.456 e. The van der Waals surface area contributed by atoms with Gasteiger partial charge in [-0.3, -0.25) is 0 Å². The zero-order valence-electron chi connectivity index (χ0n) is 29.7. The number of hydrogen-bond donors (Lipinski definition) is 0. The Kier molecular flexibility index (Phi) is 6.34. The third kappa shape index (κ3) is 4.63. The Morgan fingerprint density at radius 1 is 0.291 bits per heavy atom. The van der Waals surface area contributed by atoms with Crippen molar-refractivity contribution in [3.8, 4) is 22.3 Å². The summed E-state index contributed by atoms with van der Waals surface area (Å²) >= 11 is 0. The van der Waals surface area contributed by atoms with Crippen molar-refractivity contribution in [3.05, 3.63) is 188 Å². The molecule has 12 rings (SSSR count). The second-order valence-electron chi connectivity index (χ2n) is 14.5. The van der Waals surface area contributed by atoms with E-state index in [9.17, 15) is 0 Å². The number of fused-ring (bicyclic) bond motifs is 6. The summed E-state index contributed by atoms with van der Waals surface area (Å²) in [4.78, 5) is 2.40. The van der Waals surface area contributed by atoms with Gasteiger partial charge < -0.3 is 13.7 Å². The molecule has 0 radical (unpaired) electrons. The SMILES string of the molecule is c1cc2ccc3ccc(N(c4ccc(-c5ccc6oc7ccccc7c6c5)cc4)c4ccc(-c5ccc6oc7ccccc7c6c5)cc4)c4ccc(c1)c2c34. The Hall–Kier alpha value is -7.36. The lowest BCUT2D eigenvalue weighted by molar-refractivity contribution is 0.668. The number of nitrogens with zero attached hydrogens (tertiary/aromatic N) is 1. The van der Waals surface area contributed by atoms with Crippen LogP contribution in [0.1, 0.15) is 0 Å². The molecule has 2 heterocycles. The van der Waals surface area contributed by atoms with Gasteiger partial charge in [0.2, 0.25) is 0 Å². The molecule has 0 saturated carbocycles. The normalized spacial score (nSPS) is 12.0. The van der Waals surface area contributed by atoms with Crippen LogP contribution in [0.15, 0.2) is 197 Å². The van der Waals surface area contributed by atoms with E-state index in [1.54, 1.807) is 0 Å². The van der Waals surface area contributed by atoms with Gasteiger partial charge in [-0.15, -0.1) is 0 Å². The van der Waals surface area contributed by atoms with Crippen LogP contribution in [0.2, 0.25) is 0 Å². The van der Waals surface area contributed by atoms with Crippen LogP contribution in [-0.4, -0.2) is 0 Å². The highest BCUT2D eigenvalue weighted by Crippen LogP contribution is 2.45. The maximum Gasteiger partial charge on any atom is 0.135 e. The van der Waals surface area contributed by atoms with Crippen molar-refractivity contribution >= 4 is 93.3 Å². The molecule has 0 atom stereocenters. The van der Waals surface area contributed by atoms with E-state index < -0.39 is 0 Å². The molecule has 256 valence electrons. The summed E-state index contributed by atoms with van der Waals surface area (Å²) in [5.74, 6) is 0. The largest absolute Gasteiger partial charge is 0.456 e. The first-order valence-electron chi connectivity index (χ1n) is 18.7. The third-order valence-corrected chi connectivity index (χ3v) is 11.4. The summed E-state index contributed by atoms with van der Waals surface area (Å²) in [5, 5.41) is 12.1. The molecule has 0 amide bonds. The van der Waals surface area contributed by atoms with Crippen LogP contribution in [0.25, 0.3) is 98.4 Å². The van der Waals surface area contributed by atoms with Crippen LogP contribution in [0.4, 0.5) is 17.1 Å². The highest BCUT2D eigenvalue weighted by molar-refractivity contribution is 6.25. The van der Waals surface area contributed by atoms with Gasteiger partial charge in [-0.25, -0.2) is 0 Å². The molecule has 0 aliphatic carbocycles. The molecule has 12 aromatic rings. The van der Waals surface area contributed by atoms with Gasteiger partial charge in [0.25, 0.3) is 0 Å². The first-order chi connectivity index (χ1) is 27.2. The molecule has 0 unspecified atom stereocenters. The summed E-state index contributed by atoms with van der Waals surface area (Å²) in [6.07, 6.45) is 0. The topological polar surface area (TPSA) is 29.5 Å². The lowest BCUT2D eigenvalue weighted by atomic mass is 9.93. The van der Waals surface area contributed by atoms with Gasteiger partial charge in [0.1, 0.15) is 22.3 Å². The molecule has 3 nitrogen and oxygen atoms in total. The van der Waals surface area contributed by atoms with Crippen molar-refractivity contribution in [3.63, 3.8) is 0 Å². The molecule has 0 spiro atoms. The lowest BCUT2D eigenvalue weighted by Gasteiger charge is -2.28. The molecular weight excluding hydrogens is 671 g/mol. The molecule has 0 aliphatic rings. The predicted octanol–water partition coefficient (Wildman–Crippen LogP) is 15.2. The summed E-state index contributed by atoms with van der Waals surface area (Å²) in [7, 11) is 0. The van der Waals surface area contributed by atoms with Crippen LogP contribution < -0.4 is 4.90 Å². The second-order valence-corrected chi connectivity index (χ2v) is 14.5. The van der Waals surface area contributed by atoms with Crippen molar-refractivity contribution in [2.45, 2.75) is 0 Å². The average molecular weight is 702 g/mol. The van der Waals surface area contributed by atoms with E-state index in [-0.39, 0.29) is 0 Å². The van der Waals surface area contributed by atoms with Gasteiger partial charge in [0, 0.05) is 38.3 Å². The van der Waals surface area contributed by atoms with Gasteiger partial charge in [-0.2, -0.15) is 0 Å². The van der Waals surface area contributed by atoms with Crippen molar-refractivity contribution in [1.82, 2.24) is 0 Å². The molecule has 0 bridgehead atoms. The van der Waals surface area contributed by atoms with Crippen molar-refractivity contribution in [2.24, 2.45) is 0 Å². The van der Waals surface area contributed by atoms with Crippen LogP contribution in [0.5, 0.6) is 0 Å². The van der Waals surface area contributed by atoms with Crippen molar-refractivity contribution in [2.75, 3.05) is 4.90 Å². The highest BCUT2D eigenvalue weighted by atomic mass is 16.3. The van der Waals surface area contributed by atoms with Gasteiger partial charge in [-0.1, -0.05) is 121 Å². The van der Waals surface area contributed by atoms with E-state index in [1.165, 1.54) is 32.3 Å². The maximum atomic E-state index is 6.13. The van der Waals surface area contributed by atoms with E-state index in [1.807, 2.05) is 24.3 Å². The van der Waals surface area contributed by atoms with Crippen LogP contribution in [0.3, 0.4) is 0 Å². The third-order valence-electron chi connectivity index (χ3n) is 11.4. The Bertz CT molecular complexity index is 3250. The van der Waals surface area contributed by atoms with Crippen LogP contribution in [0, 0.1) is 0 Å². The minimum absolute atomic E-state index is 0.906. The number of rotatable bonds is 5. The monoisotopic (exact) mass is 701 g/mol. The second kappa shape index (κ2) is 11.6. The first kappa shape index (κ1) is 30.1. The fourth-order valence-corrected chi connectivity index (χ4v) is 8.76. The first-order valence-corrected chi connectivity index (χ1v) is 18.7. The summed E-state index contributed by atoms with van der Waals surface area (Å²) in [6.45, 7) is 0. The molecule has 0 aliphatic heterocycles. The van der Waals surface area contributed by atoms with E-state index in [2.05, 4.69) is 169 Å². The number of furan rings is 2. The lowest BCUT2D eigenvalue weighted by Crippen LogP contribution is -2.10. The molecule has 0 saturated heterocycles. The Labute approximate surface area is 316 Å². The average Bonchev–Trinajstić information content (AvgIpc) is 3.81. The van der Waals surface area contributed by atoms with E-state index in [0.29, 0.717) is 0 Å². The fourth-order valence-electron chi connectivity index (χ4n) is 8.76. The zero-order valence-corrected chi connectivity index (χ0v) is 29.7. The Morgan fingerprint density at radius 3 is 1.31 bits per heavy atom. The Morgan fingerprint density at radius 2 is 0.745 bits per heavy atom. The van der Waals surface area contributed by atoms with E-state index in [4.69, 9.17) is 8.83 Å². The summed E-state index contributed by atoms with van der Waals surface area (Å²) in [5.41, 5.74) is 11.6. The predicted molar refractivity (Wildman–Crippen MR) is 230 cm³/mol. The van der Waals surface area contributed by atoms with Gasteiger partial charge in [0.05, 0.1) is 5.69 Å². The van der Waals surface area contributed by atoms with Crippen molar-refractivity contribution < 1.29 is 8.83 Å². The standard InChI is InChI=1S/C52H31NO2/c1-3-10-47-41(8-1)44-30-37(20-28-49(44)54-47)32-14-22-39(23-15-32)53(46-27-19-36-13-12-34-6-5-7-35-18-26-43(46)52(36)51(34)35)40-24-16-33(17-25-40)38-21-29-50-45(31-38)42-9-2-4-11-48(42)55-50/h1-31H. The number of para-hydroxylation sites is 2. The fraction of sp³-hybridized carbons (Fsp3) is 0. The van der Waals surface area contributed by atoms with Crippen LogP contribution in [-0.2, 0) is 0 Å². The van der Waals surface area contributed by atoms with Gasteiger partial charge >= 0.3 is 0 Å². The number of hydrogen-bond acceptors (Lipinski definition) is 3. The smallest absolute Gasteiger partial charge is 0.135 e. The van der Waals surface area contributed by atoms with Crippen molar-refractivity contribution in [1.29, 1.82) is 0 Å². The molecule has 0 fully saturated rings. The number of benzene rings is 10. The quantitative estimate of drug-likeness (QED) is 0.167. The zero-order chi connectivity index (χ0) is 36.0. The van der Waals surface area contributed by atoms with Crippen LogP contribution >= 0.6 is 0 Å². The van der Waals surface area contributed by atoms with Gasteiger partial charge in [0.15, 0.2) is 0 Å². The molecule has 3 heteroatoms. The minimum atomic E-state index is 0.906. The highest BCUT2D eigenvalue weighted by Gasteiger charge is 2.19. The maximum absolute atomic E-state index is 6.13. The van der Waals surface area contributed by atoms with Gasteiger partial charge in [-0.05, 0) is 116 Å². The summed E-state index contributed by atoms with van der Waals surface area (Å²) in [6, 6.07) is 67.6. The molecule has 0 N–H and O–H groups in total. The molecule has 55 heavy (non-hydrogen) atoms. The molecular formula is C52H31NO2. The van der Waals surface area contributed by atoms with E-state index in [0.717, 1.165) is 83.2 Å². The van der Waals surface area contributed by atoms with E-state index >= 15 is 0 Å². The number of anilines is 3. The molecule has 10 aromatic carbocycles.